The van der Waals surface area contributed by atoms with Crippen LogP contribution in [0.25, 0.3) is 10.8 Å². The first-order valence-corrected chi connectivity index (χ1v) is 7.29. The Labute approximate surface area is 132 Å². The number of rotatable bonds is 3. The van der Waals surface area contributed by atoms with Crippen LogP contribution >= 0.6 is 0 Å². The van der Waals surface area contributed by atoms with Crippen LogP contribution < -0.4 is 5.32 Å². The molecule has 0 heterocycles. The summed E-state index contributed by atoms with van der Waals surface area (Å²) in [5, 5.41) is 5.00. The number of carbonyl (C=O) groups excluding carboxylic acids is 1. The Balaban J connectivity index is 1.80. The largest absolute Gasteiger partial charge is 0.346 e. The fourth-order valence-electron chi connectivity index (χ4n) is 2.48. The minimum atomic E-state index is -1.03. The van der Waals surface area contributed by atoms with Crippen LogP contribution in [-0.4, -0.2) is 5.91 Å². The molecule has 3 aromatic carbocycles. The minimum absolute atomic E-state index is 0.0940. The van der Waals surface area contributed by atoms with E-state index in [0.29, 0.717) is 0 Å². The van der Waals surface area contributed by atoms with Crippen LogP contribution in [0.15, 0.2) is 60.7 Å². The molecule has 0 aliphatic carbocycles. The third kappa shape index (κ3) is 3.21. The van der Waals surface area contributed by atoms with Gasteiger partial charge in [0.05, 0.1) is 6.04 Å². The van der Waals surface area contributed by atoms with Gasteiger partial charge in [0.15, 0.2) is 11.6 Å². The first kappa shape index (κ1) is 15.2. The molecule has 0 aliphatic rings. The molecule has 3 aromatic rings. The number of amides is 1. The highest BCUT2D eigenvalue weighted by atomic mass is 19.2. The zero-order valence-electron chi connectivity index (χ0n) is 12.5. The van der Waals surface area contributed by atoms with Crippen molar-refractivity contribution in [1.82, 2.24) is 5.32 Å². The molecule has 23 heavy (non-hydrogen) atoms. The van der Waals surface area contributed by atoms with Crippen molar-refractivity contribution in [3.63, 3.8) is 0 Å². The predicted molar refractivity (Wildman–Crippen MR) is 86.2 cm³/mol. The quantitative estimate of drug-likeness (QED) is 0.752. The summed E-state index contributed by atoms with van der Waals surface area (Å²) in [6.45, 7) is 1.85. The fraction of sp³-hybridized carbons (Fsp3) is 0.105. The number of fused-ring (bicyclic) bond motifs is 1. The molecular weight excluding hydrogens is 296 g/mol. The van der Waals surface area contributed by atoms with E-state index in [9.17, 15) is 13.6 Å². The number of nitrogens with one attached hydrogen (secondary N) is 1. The van der Waals surface area contributed by atoms with Gasteiger partial charge >= 0.3 is 0 Å². The second-order valence-electron chi connectivity index (χ2n) is 5.43. The Bertz CT molecular complexity index is 876. The molecule has 4 heteroatoms. The summed E-state index contributed by atoms with van der Waals surface area (Å²) in [5.41, 5.74) is 1.04. The van der Waals surface area contributed by atoms with Crippen molar-refractivity contribution < 1.29 is 13.6 Å². The Morgan fingerprint density at radius 1 is 0.913 bits per heavy atom. The second kappa shape index (κ2) is 6.16. The van der Waals surface area contributed by atoms with Gasteiger partial charge in [-0.1, -0.05) is 36.4 Å². The Hall–Kier alpha value is -2.75. The molecule has 1 atom stereocenters. The van der Waals surface area contributed by atoms with Crippen LogP contribution in [0.4, 0.5) is 8.78 Å². The Morgan fingerprint density at radius 3 is 2.39 bits per heavy atom. The van der Waals surface area contributed by atoms with Gasteiger partial charge < -0.3 is 5.32 Å². The van der Waals surface area contributed by atoms with E-state index in [1.165, 1.54) is 6.07 Å². The molecule has 0 saturated carbocycles. The van der Waals surface area contributed by atoms with Crippen molar-refractivity contribution in [1.29, 1.82) is 0 Å². The van der Waals surface area contributed by atoms with Gasteiger partial charge in [0, 0.05) is 5.56 Å². The lowest BCUT2D eigenvalue weighted by atomic mass is 10.0. The van der Waals surface area contributed by atoms with Gasteiger partial charge in [-0.3, -0.25) is 4.79 Å². The molecule has 116 valence electrons. The van der Waals surface area contributed by atoms with Crippen molar-refractivity contribution in [2.45, 2.75) is 13.0 Å². The SMILES string of the molecule is CC(NC(=O)c1ccc(F)c(F)c1)c1ccc2ccccc2c1. The lowest BCUT2D eigenvalue weighted by Gasteiger charge is -2.15. The molecule has 2 nitrogen and oxygen atoms in total. The summed E-state index contributed by atoms with van der Waals surface area (Å²) in [7, 11) is 0. The maximum atomic E-state index is 13.2. The van der Waals surface area contributed by atoms with Crippen molar-refractivity contribution in [3.05, 3.63) is 83.4 Å². The van der Waals surface area contributed by atoms with E-state index in [2.05, 4.69) is 5.32 Å². The van der Waals surface area contributed by atoms with Crippen molar-refractivity contribution in [2.24, 2.45) is 0 Å². The molecule has 0 spiro atoms. The molecule has 0 saturated heterocycles. The van der Waals surface area contributed by atoms with E-state index < -0.39 is 17.5 Å². The molecule has 0 fully saturated rings. The van der Waals surface area contributed by atoms with Gasteiger partial charge in [0.25, 0.3) is 5.91 Å². The van der Waals surface area contributed by atoms with Crippen molar-refractivity contribution in [2.75, 3.05) is 0 Å². The van der Waals surface area contributed by atoms with E-state index in [0.717, 1.165) is 28.5 Å². The van der Waals surface area contributed by atoms with Crippen LogP contribution in [0.3, 0.4) is 0 Å². The van der Waals surface area contributed by atoms with Crippen LogP contribution in [0.1, 0.15) is 28.9 Å². The summed E-state index contributed by atoms with van der Waals surface area (Å²) in [6, 6.07) is 16.7. The minimum Gasteiger partial charge on any atom is -0.346 e. The van der Waals surface area contributed by atoms with Crippen molar-refractivity contribution in [3.8, 4) is 0 Å². The van der Waals surface area contributed by atoms with Crippen LogP contribution in [-0.2, 0) is 0 Å². The van der Waals surface area contributed by atoms with Crippen molar-refractivity contribution >= 4 is 16.7 Å². The number of carbonyl (C=O) groups is 1. The maximum Gasteiger partial charge on any atom is 0.251 e. The van der Waals surface area contributed by atoms with E-state index in [1.54, 1.807) is 0 Å². The summed E-state index contributed by atoms with van der Waals surface area (Å²) in [4.78, 5) is 12.2. The molecule has 3 rings (SSSR count). The standard InChI is InChI=1S/C19H15F2NO/c1-12(14-7-6-13-4-2-3-5-15(13)10-14)22-19(23)16-8-9-17(20)18(21)11-16/h2-12H,1H3,(H,22,23). The lowest BCUT2D eigenvalue weighted by molar-refractivity contribution is 0.0939. The number of halogens is 2. The molecule has 1 amide bonds. The highest BCUT2D eigenvalue weighted by Crippen LogP contribution is 2.20. The topological polar surface area (TPSA) is 29.1 Å². The molecule has 0 radical (unpaired) electrons. The molecular formula is C19H15F2NO. The normalized spacial score (nSPS) is 12.1. The number of hydrogen-bond donors (Lipinski definition) is 1. The second-order valence-corrected chi connectivity index (χ2v) is 5.43. The first-order chi connectivity index (χ1) is 11.0. The molecule has 0 aromatic heterocycles. The molecule has 0 bridgehead atoms. The summed E-state index contributed by atoms with van der Waals surface area (Å²) >= 11 is 0. The van der Waals surface area contributed by atoms with Crippen LogP contribution in [0.5, 0.6) is 0 Å². The smallest absolute Gasteiger partial charge is 0.251 e. The third-order valence-electron chi connectivity index (χ3n) is 3.80. The lowest BCUT2D eigenvalue weighted by Crippen LogP contribution is -2.26. The van der Waals surface area contributed by atoms with E-state index >= 15 is 0 Å². The van der Waals surface area contributed by atoms with Gasteiger partial charge in [0.2, 0.25) is 0 Å². The van der Waals surface area contributed by atoms with Gasteiger partial charge in [0.1, 0.15) is 0 Å². The maximum absolute atomic E-state index is 13.2. The summed E-state index contributed by atoms with van der Waals surface area (Å²) in [5.74, 6) is -2.44. The Morgan fingerprint density at radius 2 is 1.65 bits per heavy atom. The van der Waals surface area contributed by atoms with E-state index in [1.807, 2.05) is 49.4 Å². The van der Waals surface area contributed by atoms with Gasteiger partial charge in [-0.15, -0.1) is 0 Å². The van der Waals surface area contributed by atoms with Crippen LogP contribution in [0, 0.1) is 11.6 Å². The average Bonchev–Trinajstić information content (AvgIpc) is 2.56. The van der Waals surface area contributed by atoms with Gasteiger partial charge in [-0.2, -0.15) is 0 Å². The zero-order valence-corrected chi connectivity index (χ0v) is 12.5. The number of hydrogen-bond acceptors (Lipinski definition) is 1. The zero-order chi connectivity index (χ0) is 16.4. The molecule has 1 N–H and O–H groups in total. The monoisotopic (exact) mass is 311 g/mol. The Kier molecular flexibility index (Phi) is 4.06. The summed E-state index contributed by atoms with van der Waals surface area (Å²) < 4.78 is 26.2. The predicted octanol–water partition coefficient (Wildman–Crippen LogP) is 4.61. The third-order valence-corrected chi connectivity index (χ3v) is 3.80. The molecule has 1 unspecified atom stereocenters. The van der Waals surface area contributed by atoms with Gasteiger partial charge in [-0.25, -0.2) is 8.78 Å². The summed E-state index contributed by atoms with van der Waals surface area (Å²) in [6.07, 6.45) is 0. The fourth-order valence-corrected chi connectivity index (χ4v) is 2.48. The van der Waals surface area contributed by atoms with E-state index in [-0.39, 0.29) is 11.6 Å². The first-order valence-electron chi connectivity index (χ1n) is 7.29. The highest BCUT2D eigenvalue weighted by molar-refractivity contribution is 5.94. The molecule has 0 aliphatic heterocycles. The van der Waals surface area contributed by atoms with Crippen LogP contribution in [0.2, 0.25) is 0 Å². The van der Waals surface area contributed by atoms with Gasteiger partial charge in [-0.05, 0) is 47.5 Å². The highest BCUT2D eigenvalue weighted by Gasteiger charge is 2.13. The average molecular weight is 311 g/mol. The van der Waals surface area contributed by atoms with E-state index in [4.69, 9.17) is 0 Å². The number of benzene rings is 3.